The number of amides is 2. The fourth-order valence-electron chi connectivity index (χ4n) is 2.94. The quantitative estimate of drug-likeness (QED) is 0.311. The molecular weight excluding hydrogens is 452 g/mol. The third-order valence-electron chi connectivity index (χ3n) is 5.72. The molecule has 0 fully saturated rings. The van der Waals surface area contributed by atoms with Gasteiger partial charge in [-0.2, -0.15) is 12.6 Å². The van der Waals surface area contributed by atoms with Crippen LogP contribution in [-0.4, -0.2) is 37.7 Å². The van der Waals surface area contributed by atoms with Crippen LogP contribution < -0.4 is 15.1 Å². The molecule has 0 aromatic heterocycles. The number of benzene rings is 2. The maximum Gasteiger partial charge on any atom is 0.408 e. The average Bonchev–Trinajstić information content (AvgIpc) is 2.65. The minimum absolute atomic E-state index is 0.0725. The first-order chi connectivity index (χ1) is 15.1. The van der Waals surface area contributed by atoms with E-state index in [0.717, 1.165) is 16.5 Å². The Balaban J connectivity index is 2.28. The summed E-state index contributed by atoms with van der Waals surface area (Å²) < 4.78 is 11.8. The van der Waals surface area contributed by atoms with Gasteiger partial charge in [0.2, 0.25) is 14.2 Å². The maximum absolute atomic E-state index is 13.1. The van der Waals surface area contributed by atoms with Gasteiger partial charge in [-0.05, 0) is 74.7 Å². The van der Waals surface area contributed by atoms with Crippen molar-refractivity contribution in [1.82, 2.24) is 5.32 Å². The topological polar surface area (TPSA) is 76.7 Å². The highest BCUT2D eigenvalue weighted by Gasteiger charge is 2.39. The molecule has 0 aliphatic rings. The summed E-state index contributed by atoms with van der Waals surface area (Å²) in [6.07, 6.45) is -0.258. The van der Waals surface area contributed by atoms with E-state index >= 15 is 0 Å². The molecule has 8 heteroatoms. The fraction of sp³-hybridized carbons (Fsp3) is 0.520. The second kappa shape index (κ2) is 10.4. The van der Waals surface area contributed by atoms with Crippen LogP contribution in [-0.2, 0) is 9.53 Å². The van der Waals surface area contributed by atoms with Crippen molar-refractivity contribution < 1.29 is 18.8 Å². The summed E-state index contributed by atoms with van der Waals surface area (Å²) in [6.45, 7) is 16.3. The number of nitrogens with one attached hydrogen (secondary N) is 2. The third-order valence-corrected chi connectivity index (χ3v) is 10.3. The zero-order valence-electron chi connectivity index (χ0n) is 21.0. The SMILES string of the molecule is CC(C)(C)OC(=O)NC(CCS)C(=O)Nc1cccc2ccc(O[Si](C)(C)C(C)(C)C)cc12. The number of hydrogen-bond donors (Lipinski definition) is 3. The molecule has 182 valence electrons. The lowest BCUT2D eigenvalue weighted by Crippen LogP contribution is -2.46. The van der Waals surface area contributed by atoms with Crippen LogP contribution in [0.2, 0.25) is 18.1 Å². The molecule has 0 spiro atoms. The van der Waals surface area contributed by atoms with Crippen molar-refractivity contribution in [2.75, 3.05) is 11.1 Å². The first-order valence-corrected chi connectivity index (χ1v) is 14.8. The minimum Gasteiger partial charge on any atom is -0.543 e. The van der Waals surface area contributed by atoms with E-state index in [0.29, 0.717) is 17.9 Å². The molecule has 1 atom stereocenters. The van der Waals surface area contributed by atoms with Gasteiger partial charge in [0.1, 0.15) is 17.4 Å². The Morgan fingerprint density at radius 3 is 2.30 bits per heavy atom. The molecule has 6 nitrogen and oxygen atoms in total. The highest BCUT2D eigenvalue weighted by atomic mass is 32.1. The molecule has 0 heterocycles. The van der Waals surface area contributed by atoms with E-state index in [4.69, 9.17) is 9.16 Å². The Bertz CT molecular complexity index is 996. The van der Waals surface area contributed by atoms with E-state index in [9.17, 15) is 9.59 Å². The Labute approximate surface area is 204 Å². The monoisotopic (exact) mass is 490 g/mol. The van der Waals surface area contributed by atoms with Crippen molar-refractivity contribution >= 4 is 49.4 Å². The Kier molecular flexibility index (Phi) is 8.51. The van der Waals surface area contributed by atoms with E-state index in [1.165, 1.54) is 0 Å². The van der Waals surface area contributed by atoms with Gasteiger partial charge in [-0.3, -0.25) is 4.79 Å². The van der Waals surface area contributed by atoms with Crippen LogP contribution in [0.25, 0.3) is 10.8 Å². The van der Waals surface area contributed by atoms with Gasteiger partial charge < -0.3 is 19.8 Å². The summed E-state index contributed by atoms with van der Waals surface area (Å²) >= 11 is 4.24. The van der Waals surface area contributed by atoms with Crippen LogP contribution in [0.1, 0.15) is 48.0 Å². The van der Waals surface area contributed by atoms with Gasteiger partial charge in [0.15, 0.2) is 0 Å². The number of rotatable bonds is 7. The normalized spacial score (nSPS) is 13.4. The lowest BCUT2D eigenvalue weighted by Gasteiger charge is -2.36. The second-order valence-electron chi connectivity index (χ2n) is 10.8. The van der Waals surface area contributed by atoms with Gasteiger partial charge in [-0.15, -0.1) is 0 Å². The van der Waals surface area contributed by atoms with Gasteiger partial charge in [0, 0.05) is 11.1 Å². The third kappa shape index (κ3) is 7.67. The zero-order valence-corrected chi connectivity index (χ0v) is 22.9. The van der Waals surface area contributed by atoms with E-state index in [2.05, 4.69) is 57.1 Å². The van der Waals surface area contributed by atoms with Crippen LogP contribution in [0.5, 0.6) is 5.75 Å². The number of fused-ring (bicyclic) bond motifs is 1. The molecule has 0 saturated carbocycles. The number of anilines is 1. The predicted octanol–water partition coefficient (Wildman–Crippen LogP) is 6.38. The second-order valence-corrected chi connectivity index (χ2v) is 15.9. The summed E-state index contributed by atoms with van der Waals surface area (Å²) in [5, 5.41) is 7.57. The lowest BCUT2D eigenvalue weighted by atomic mass is 10.1. The molecule has 2 aromatic carbocycles. The van der Waals surface area contributed by atoms with Gasteiger partial charge >= 0.3 is 6.09 Å². The first-order valence-electron chi connectivity index (χ1n) is 11.3. The van der Waals surface area contributed by atoms with Crippen LogP contribution >= 0.6 is 12.6 Å². The standard InChI is InChI=1S/C25H38N2O4SSi/c1-24(2,3)30-23(29)27-21(14-15-32)22(28)26-20-11-9-10-17-12-13-18(16-19(17)20)31-33(7,8)25(4,5)6/h9-13,16,21,32H,14-15H2,1-8H3,(H,26,28)(H,27,29). The highest BCUT2D eigenvalue weighted by molar-refractivity contribution is 7.80. The van der Waals surface area contributed by atoms with Gasteiger partial charge in [0.05, 0.1) is 0 Å². The molecule has 0 aliphatic carbocycles. The Hall–Kier alpha value is -2.19. The molecule has 0 aliphatic heterocycles. The van der Waals surface area contributed by atoms with Gasteiger partial charge in [0.25, 0.3) is 0 Å². The van der Waals surface area contributed by atoms with Crippen LogP contribution in [0.4, 0.5) is 10.5 Å². The summed E-state index contributed by atoms with van der Waals surface area (Å²) in [7, 11) is -2.01. The van der Waals surface area contributed by atoms with E-state index in [1.54, 1.807) is 20.8 Å². The lowest BCUT2D eigenvalue weighted by molar-refractivity contribution is -0.118. The number of ether oxygens (including phenoxy) is 1. The van der Waals surface area contributed by atoms with Crippen molar-refractivity contribution in [3.05, 3.63) is 36.4 Å². The molecule has 0 bridgehead atoms. The Morgan fingerprint density at radius 1 is 1.06 bits per heavy atom. The number of thiol groups is 1. The number of carbonyl (C=O) groups excluding carboxylic acids is 2. The molecule has 33 heavy (non-hydrogen) atoms. The van der Waals surface area contributed by atoms with E-state index in [-0.39, 0.29) is 10.9 Å². The molecule has 0 saturated heterocycles. The van der Waals surface area contributed by atoms with Crippen LogP contribution in [0.15, 0.2) is 36.4 Å². The minimum atomic E-state index is -2.01. The fourth-order valence-corrected chi connectivity index (χ4v) is 4.22. The van der Waals surface area contributed by atoms with Gasteiger partial charge in [-0.25, -0.2) is 4.79 Å². The largest absolute Gasteiger partial charge is 0.543 e. The summed E-state index contributed by atoms with van der Waals surface area (Å²) in [4.78, 5) is 25.3. The van der Waals surface area contributed by atoms with E-state index < -0.39 is 26.1 Å². The predicted molar refractivity (Wildman–Crippen MR) is 142 cm³/mol. The molecule has 2 N–H and O–H groups in total. The Morgan fingerprint density at radius 2 is 1.73 bits per heavy atom. The highest BCUT2D eigenvalue weighted by Crippen LogP contribution is 2.38. The maximum atomic E-state index is 13.1. The summed E-state index contributed by atoms with van der Waals surface area (Å²) in [5.74, 6) is 0.904. The molecular formula is C25H38N2O4SSi. The van der Waals surface area contributed by atoms with E-state index in [1.807, 2.05) is 36.4 Å². The molecule has 2 amide bonds. The number of hydrogen-bond acceptors (Lipinski definition) is 5. The van der Waals surface area contributed by atoms with Crippen molar-refractivity contribution in [3.8, 4) is 5.75 Å². The van der Waals surface area contributed by atoms with Gasteiger partial charge in [-0.1, -0.05) is 39.0 Å². The van der Waals surface area contributed by atoms with Crippen molar-refractivity contribution in [2.45, 2.75) is 77.7 Å². The van der Waals surface area contributed by atoms with Crippen LogP contribution in [0, 0.1) is 0 Å². The number of alkyl carbamates (subject to hydrolysis) is 1. The van der Waals surface area contributed by atoms with Crippen molar-refractivity contribution in [3.63, 3.8) is 0 Å². The average molecular weight is 491 g/mol. The smallest absolute Gasteiger partial charge is 0.408 e. The number of carbonyl (C=O) groups is 2. The molecule has 0 radical (unpaired) electrons. The summed E-state index contributed by atoms with van der Waals surface area (Å²) in [6, 6.07) is 10.9. The first kappa shape index (κ1) is 27.1. The van der Waals surface area contributed by atoms with Crippen molar-refractivity contribution in [2.24, 2.45) is 0 Å². The van der Waals surface area contributed by atoms with Crippen molar-refractivity contribution in [1.29, 1.82) is 0 Å². The molecule has 2 aromatic rings. The van der Waals surface area contributed by atoms with Crippen LogP contribution in [0.3, 0.4) is 0 Å². The molecule has 1 unspecified atom stereocenters. The molecule has 2 rings (SSSR count). The summed E-state index contributed by atoms with van der Waals surface area (Å²) in [5.41, 5.74) is 0.00995. The zero-order chi connectivity index (χ0) is 25.0.